The second kappa shape index (κ2) is 11.1. The van der Waals surface area contributed by atoms with Crippen LogP contribution in [-0.2, 0) is 6.42 Å². The minimum Gasteiger partial charge on any atom is -0.493 e. The maximum absolute atomic E-state index is 12.4. The zero-order valence-corrected chi connectivity index (χ0v) is 18.0. The molecule has 31 heavy (non-hydrogen) atoms. The molecule has 0 bridgehead atoms. The van der Waals surface area contributed by atoms with Crippen molar-refractivity contribution in [3.63, 3.8) is 0 Å². The summed E-state index contributed by atoms with van der Waals surface area (Å²) in [6, 6.07) is 23.4. The topological polar surface area (TPSA) is 79.5 Å². The van der Waals surface area contributed by atoms with E-state index in [1.54, 1.807) is 48.5 Å². The zero-order valence-electron chi connectivity index (χ0n) is 16.4. The van der Waals surface area contributed by atoms with Crippen molar-refractivity contribution in [2.24, 2.45) is 0 Å². The van der Waals surface area contributed by atoms with Crippen LogP contribution in [0.5, 0.6) is 5.75 Å². The number of thiocarbonyl (C=S) groups is 1. The summed E-state index contributed by atoms with van der Waals surface area (Å²) >= 11 is 11.0. The van der Waals surface area contributed by atoms with Crippen LogP contribution in [0.3, 0.4) is 0 Å². The lowest BCUT2D eigenvalue weighted by Gasteiger charge is -2.12. The predicted octanol–water partition coefficient (Wildman–Crippen LogP) is 3.91. The fourth-order valence-corrected chi connectivity index (χ4v) is 3.06. The van der Waals surface area contributed by atoms with E-state index in [4.69, 9.17) is 28.6 Å². The van der Waals surface area contributed by atoms with Crippen molar-refractivity contribution in [3.8, 4) is 5.75 Å². The highest BCUT2D eigenvalue weighted by atomic mass is 35.5. The van der Waals surface area contributed by atoms with Crippen LogP contribution in [0.2, 0.25) is 5.02 Å². The van der Waals surface area contributed by atoms with Crippen LogP contribution in [-0.4, -0.2) is 23.5 Å². The fraction of sp³-hybridized carbons (Fsp3) is 0.0870. The van der Waals surface area contributed by atoms with Crippen LogP contribution in [0.15, 0.2) is 78.9 Å². The summed E-state index contributed by atoms with van der Waals surface area (Å²) in [5.74, 6) is -0.330. The van der Waals surface area contributed by atoms with Crippen molar-refractivity contribution < 1.29 is 14.3 Å². The Kier molecular flexibility index (Phi) is 7.98. The number of hydrogen-bond donors (Lipinski definition) is 3. The molecule has 0 fully saturated rings. The first-order valence-electron chi connectivity index (χ1n) is 9.46. The van der Waals surface area contributed by atoms with E-state index in [1.807, 2.05) is 30.3 Å². The van der Waals surface area contributed by atoms with Gasteiger partial charge in [0.25, 0.3) is 11.8 Å². The summed E-state index contributed by atoms with van der Waals surface area (Å²) in [5, 5.41) is 2.76. The van der Waals surface area contributed by atoms with Crippen LogP contribution in [0.1, 0.15) is 26.3 Å². The lowest BCUT2D eigenvalue weighted by Crippen LogP contribution is -2.48. The lowest BCUT2D eigenvalue weighted by atomic mass is 10.2. The Hall–Kier alpha value is -3.42. The minimum absolute atomic E-state index is 0.0548. The SMILES string of the molecule is O=C(NC(=S)NNC(=O)c1ccccc1Cl)c1cccc(OCCc2ccccc2)c1. The molecular weight excluding hydrogens is 434 g/mol. The minimum atomic E-state index is -0.476. The largest absolute Gasteiger partial charge is 0.493 e. The number of rotatable bonds is 6. The van der Waals surface area contributed by atoms with Gasteiger partial charge in [-0.25, -0.2) is 0 Å². The highest BCUT2D eigenvalue weighted by Crippen LogP contribution is 2.15. The zero-order chi connectivity index (χ0) is 22.1. The molecule has 0 spiro atoms. The van der Waals surface area contributed by atoms with Crippen LogP contribution in [0.4, 0.5) is 0 Å². The van der Waals surface area contributed by atoms with Crippen molar-refractivity contribution in [2.75, 3.05) is 6.61 Å². The lowest BCUT2D eigenvalue weighted by molar-refractivity contribution is 0.0934. The molecule has 0 heterocycles. The van der Waals surface area contributed by atoms with E-state index in [-0.39, 0.29) is 10.7 Å². The highest BCUT2D eigenvalue weighted by molar-refractivity contribution is 7.80. The van der Waals surface area contributed by atoms with Gasteiger partial charge in [0.1, 0.15) is 5.75 Å². The molecule has 6 nitrogen and oxygen atoms in total. The van der Waals surface area contributed by atoms with Gasteiger partial charge in [0.15, 0.2) is 5.11 Å². The van der Waals surface area contributed by atoms with E-state index in [0.29, 0.717) is 22.9 Å². The van der Waals surface area contributed by atoms with Gasteiger partial charge < -0.3 is 4.74 Å². The van der Waals surface area contributed by atoms with Gasteiger partial charge in [0.2, 0.25) is 0 Å². The van der Waals surface area contributed by atoms with Crippen molar-refractivity contribution in [1.29, 1.82) is 0 Å². The number of hydrazine groups is 1. The Morgan fingerprint density at radius 1 is 0.871 bits per heavy atom. The molecule has 158 valence electrons. The Morgan fingerprint density at radius 2 is 1.61 bits per heavy atom. The normalized spacial score (nSPS) is 10.1. The molecule has 0 radical (unpaired) electrons. The van der Waals surface area contributed by atoms with Crippen molar-refractivity contribution >= 4 is 40.7 Å². The molecular formula is C23H20ClN3O3S. The standard InChI is InChI=1S/C23H20ClN3O3S/c24-20-12-5-4-11-19(20)22(29)26-27-23(31)25-21(28)17-9-6-10-18(15-17)30-14-13-16-7-2-1-3-8-16/h1-12,15H,13-14H2,(H,26,29)(H2,25,27,28,31). The first-order chi connectivity index (χ1) is 15.0. The Morgan fingerprint density at radius 3 is 2.39 bits per heavy atom. The molecule has 3 rings (SSSR count). The molecule has 0 aliphatic carbocycles. The van der Waals surface area contributed by atoms with Gasteiger partial charge in [-0.15, -0.1) is 0 Å². The van der Waals surface area contributed by atoms with Crippen LogP contribution < -0.4 is 20.9 Å². The number of nitrogens with one attached hydrogen (secondary N) is 3. The average Bonchev–Trinajstić information content (AvgIpc) is 2.79. The van der Waals surface area contributed by atoms with Crippen molar-refractivity contribution in [1.82, 2.24) is 16.2 Å². The molecule has 0 unspecified atom stereocenters. The number of hydrogen-bond acceptors (Lipinski definition) is 4. The van der Waals surface area contributed by atoms with E-state index >= 15 is 0 Å². The molecule has 8 heteroatoms. The van der Waals surface area contributed by atoms with E-state index in [1.165, 1.54) is 5.56 Å². The van der Waals surface area contributed by atoms with Crippen LogP contribution in [0, 0.1) is 0 Å². The summed E-state index contributed by atoms with van der Waals surface area (Å²) in [4.78, 5) is 24.6. The maximum Gasteiger partial charge on any atom is 0.271 e. The van der Waals surface area contributed by atoms with Gasteiger partial charge in [-0.05, 0) is 48.1 Å². The number of amides is 2. The molecule has 0 atom stereocenters. The summed E-state index contributed by atoms with van der Waals surface area (Å²) in [6.45, 7) is 0.489. The van der Waals surface area contributed by atoms with Crippen molar-refractivity contribution in [3.05, 3.63) is 101 Å². The van der Waals surface area contributed by atoms with E-state index in [0.717, 1.165) is 6.42 Å². The first-order valence-corrected chi connectivity index (χ1v) is 10.2. The van der Waals surface area contributed by atoms with Crippen molar-refractivity contribution in [2.45, 2.75) is 6.42 Å². The molecule has 3 N–H and O–H groups in total. The number of halogens is 1. The summed E-state index contributed by atoms with van der Waals surface area (Å²) in [6.07, 6.45) is 0.760. The molecule has 3 aromatic carbocycles. The summed E-state index contributed by atoms with van der Waals surface area (Å²) in [5.41, 5.74) is 6.71. The van der Waals surface area contributed by atoms with Gasteiger partial charge in [0.05, 0.1) is 17.2 Å². The van der Waals surface area contributed by atoms with E-state index in [2.05, 4.69) is 16.2 Å². The Balaban J connectivity index is 1.48. The summed E-state index contributed by atoms with van der Waals surface area (Å²) in [7, 11) is 0. The molecule has 0 aliphatic heterocycles. The second-order valence-electron chi connectivity index (χ2n) is 6.45. The molecule has 0 saturated carbocycles. The Bertz CT molecular complexity index is 1080. The third-order valence-electron chi connectivity index (χ3n) is 4.23. The average molecular weight is 454 g/mol. The van der Waals surface area contributed by atoms with Crippen LogP contribution in [0.25, 0.3) is 0 Å². The third kappa shape index (κ3) is 6.80. The van der Waals surface area contributed by atoms with Gasteiger partial charge >= 0.3 is 0 Å². The van der Waals surface area contributed by atoms with Gasteiger partial charge in [-0.1, -0.05) is 60.1 Å². The fourth-order valence-electron chi connectivity index (χ4n) is 2.69. The number of ether oxygens (including phenoxy) is 1. The number of carbonyl (C=O) groups is 2. The van der Waals surface area contributed by atoms with Gasteiger partial charge in [-0.2, -0.15) is 0 Å². The smallest absolute Gasteiger partial charge is 0.271 e. The molecule has 0 aromatic heterocycles. The maximum atomic E-state index is 12.4. The number of carbonyl (C=O) groups excluding carboxylic acids is 2. The molecule has 0 saturated heterocycles. The quantitative estimate of drug-likeness (QED) is 0.389. The predicted molar refractivity (Wildman–Crippen MR) is 124 cm³/mol. The third-order valence-corrected chi connectivity index (χ3v) is 4.77. The monoisotopic (exact) mass is 453 g/mol. The highest BCUT2D eigenvalue weighted by Gasteiger charge is 2.12. The Labute approximate surface area is 190 Å². The molecule has 0 aliphatic rings. The van der Waals surface area contributed by atoms with E-state index in [9.17, 15) is 9.59 Å². The summed E-state index contributed by atoms with van der Waals surface area (Å²) < 4.78 is 5.75. The van der Waals surface area contributed by atoms with E-state index < -0.39 is 11.8 Å². The van der Waals surface area contributed by atoms with Gasteiger partial charge in [-0.3, -0.25) is 25.8 Å². The van der Waals surface area contributed by atoms with Gasteiger partial charge in [0, 0.05) is 12.0 Å². The van der Waals surface area contributed by atoms with Crippen LogP contribution >= 0.6 is 23.8 Å². The molecule has 2 amide bonds. The first kappa shape index (κ1) is 22.3. The number of benzene rings is 3. The molecule has 3 aromatic rings. The second-order valence-corrected chi connectivity index (χ2v) is 7.27.